The zero-order chi connectivity index (χ0) is 12.3. The molecule has 0 spiro atoms. The second kappa shape index (κ2) is 5.12. The number of hydrogen-bond donors (Lipinski definition) is 1. The maximum Gasteiger partial charge on any atom is 0.169 e. The van der Waals surface area contributed by atoms with Gasteiger partial charge in [-0.25, -0.2) is 12.8 Å². The van der Waals surface area contributed by atoms with E-state index in [1.165, 1.54) is 19.1 Å². The van der Waals surface area contributed by atoms with Crippen LogP contribution in [-0.4, -0.2) is 24.0 Å². The van der Waals surface area contributed by atoms with Crippen molar-refractivity contribution in [3.8, 4) is 0 Å². The quantitative estimate of drug-likeness (QED) is 0.847. The molecule has 0 unspecified atom stereocenters. The largest absolute Gasteiger partial charge is 0.386 e. The van der Waals surface area contributed by atoms with E-state index >= 15 is 0 Å². The average Bonchev–Trinajstić information content (AvgIpc) is 2.28. The van der Waals surface area contributed by atoms with Gasteiger partial charge < -0.3 is 5.11 Å². The zero-order valence-electron chi connectivity index (χ0n) is 8.60. The molecule has 1 aromatic rings. The number of sulfone groups is 1. The average molecular weight is 267 g/mol. The highest BCUT2D eigenvalue weighted by molar-refractivity contribution is 7.93. The lowest BCUT2D eigenvalue weighted by atomic mass is 10.1. The van der Waals surface area contributed by atoms with E-state index < -0.39 is 26.5 Å². The Kier molecular flexibility index (Phi) is 4.29. The molecule has 6 heteroatoms. The minimum absolute atomic E-state index is 0.153. The molecule has 0 saturated heterocycles. The van der Waals surface area contributed by atoms with E-state index in [-0.39, 0.29) is 11.3 Å². The Morgan fingerprint density at radius 3 is 2.31 bits per heavy atom. The zero-order valence-corrected chi connectivity index (χ0v) is 10.2. The van der Waals surface area contributed by atoms with Gasteiger partial charge in [0.05, 0.1) is 0 Å². The lowest BCUT2D eigenvalue weighted by Gasteiger charge is -2.16. The molecule has 0 aliphatic rings. The van der Waals surface area contributed by atoms with E-state index in [0.29, 0.717) is 0 Å². The van der Waals surface area contributed by atoms with Crippen molar-refractivity contribution in [1.29, 1.82) is 0 Å². The standard InChI is InChI=1S/C10H12ClFO3S/c1-2-16(14,15)10(11)9(13)7-3-5-8(12)6-4-7/h3-6,9-10,13H,2H2,1H3/t9-,10-/m0/s1. The van der Waals surface area contributed by atoms with E-state index in [1.807, 2.05) is 0 Å². The van der Waals surface area contributed by atoms with Crippen molar-refractivity contribution in [2.24, 2.45) is 0 Å². The molecule has 0 aliphatic carbocycles. The van der Waals surface area contributed by atoms with Gasteiger partial charge in [0.1, 0.15) is 11.9 Å². The third-order valence-corrected chi connectivity index (χ3v) is 5.01. The van der Waals surface area contributed by atoms with Crippen molar-refractivity contribution < 1.29 is 17.9 Å². The summed E-state index contributed by atoms with van der Waals surface area (Å²) in [5.41, 5.74) is 0.276. The predicted octanol–water partition coefficient (Wildman–Crippen LogP) is 1.86. The lowest BCUT2D eigenvalue weighted by Crippen LogP contribution is -2.24. The van der Waals surface area contributed by atoms with Gasteiger partial charge >= 0.3 is 0 Å². The summed E-state index contributed by atoms with van der Waals surface area (Å²) in [6.07, 6.45) is -1.35. The van der Waals surface area contributed by atoms with Crippen LogP contribution in [0.4, 0.5) is 4.39 Å². The van der Waals surface area contributed by atoms with Crippen molar-refractivity contribution in [2.45, 2.75) is 17.7 Å². The van der Waals surface area contributed by atoms with Gasteiger partial charge in [0.15, 0.2) is 14.5 Å². The number of rotatable bonds is 4. The van der Waals surface area contributed by atoms with E-state index in [9.17, 15) is 17.9 Å². The fraction of sp³-hybridized carbons (Fsp3) is 0.400. The molecule has 0 bridgehead atoms. The van der Waals surface area contributed by atoms with Gasteiger partial charge in [-0.05, 0) is 17.7 Å². The maximum atomic E-state index is 12.6. The van der Waals surface area contributed by atoms with E-state index in [4.69, 9.17) is 11.6 Å². The van der Waals surface area contributed by atoms with Gasteiger partial charge in [-0.2, -0.15) is 0 Å². The number of aliphatic hydroxyl groups excluding tert-OH is 1. The van der Waals surface area contributed by atoms with Crippen molar-refractivity contribution in [3.05, 3.63) is 35.6 Å². The summed E-state index contributed by atoms with van der Waals surface area (Å²) >= 11 is 5.67. The van der Waals surface area contributed by atoms with Gasteiger partial charge in [-0.3, -0.25) is 0 Å². The minimum Gasteiger partial charge on any atom is -0.386 e. The molecule has 0 radical (unpaired) electrons. The van der Waals surface area contributed by atoms with Crippen LogP contribution in [0.1, 0.15) is 18.6 Å². The van der Waals surface area contributed by atoms with Crippen LogP contribution in [-0.2, 0) is 9.84 Å². The molecule has 1 aromatic carbocycles. The predicted molar refractivity (Wildman–Crippen MR) is 60.5 cm³/mol. The van der Waals surface area contributed by atoms with Crippen molar-refractivity contribution in [3.63, 3.8) is 0 Å². The lowest BCUT2D eigenvalue weighted by molar-refractivity contribution is 0.191. The van der Waals surface area contributed by atoms with Crippen molar-refractivity contribution in [1.82, 2.24) is 0 Å². The number of hydrogen-bond acceptors (Lipinski definition) is 3. The molecule has 90 valence electrons. The molecule has 2 atom stereocenters. The summed E-state index contributed by atoms with van der Waals surface area (Å²) in [7, 11) is -3.53. The summed E-state index contributed by atoms with van der Waals surface area (Å²) < 4.78 is 34.0. The number of benzene rings is 1. The summed E-state index contributed by atoms with van der Waals surface area (Å²) in [4.78, 5) is 0. The van der Waals surface area contributed by atoms with Gasteiger partial charge in [-0.1, -0.05) is 19.1 Å². The maximum absolute atomic E-state index is 12.6. The Labute approximate surface area is 98.8 Å². The highest BCUT2D eigenvalue weighted by Crippen LogP contribution is 2.25. The second-order valence-electron chi connectivity index (χ2n) is 3.30. The molecule has 0 amide bonds. The molecule has 3 nitrogen and oxygen atoms in total. The van der Waals surface area contributed by atoms with Crippen molar-refractivity contribution in [2.75, 3.05) is 5.75 Å². The summed E-state index contributed by atoms with van der Waals surface area (Å²) in [6, 6.07) is 4.89. The van der Waals surface area contributed by atoms with Crippen LogP contribution in [0.3, 0.4) is 0 Å². The first kappa shape index (κ1) is 13.4. The molecule has 0 fully saturated rings. The topological polar surface area (TPSA) is 54.4 Å². The number of aliphatic hydroxyl groups is 1. The second-order valence-corrected chi connectivity index (χ2v) is 6.44. The molecular weight excluding hydrogens is 255 g/mol. The third kappa shape index (κ3) is 2.93. The third-order valence-electron chi connectivity index (χ3n) is 2.21. The van der Waals surface area contributed by atoms with E-state index in [1.54, 1.807) is 0 Å². The van der Waals surface area contributed by atoms with Crippen LogP contribution in [0, 0.1) is 5.82 Å². The Balaban J connectivity index is 2.94. The van der Waals surface area contributed by atoms with Crippen LogP contribution in [0.15, 0.2) is 24.3 Å². The van der Waals surface area contributed by atoms with Gasteiger partial charge in [-0.15, -0.1) is 11.6 Å². The van der Waals surface area contributed by atoms with Gasteiger partial charge in [0.2, 0.25) is 0 Å². The van der Waals surface area contributed by atoms with E-state index in [2.05, 4.69) is 0 Å². The fourth-order valence-corrected chi connectivity index (χ4v) is 2.56. The first-order valence-electron chi connectivity index (χ1n) is 4.67. The molecule has 1 N–H and O–H groups in total. The first-order chi connectivity index (χ1) is 7.38. The summed E-state index contributed by atoms with van der Waals surface area (Å²) in [5.74, 6) is -0.611. The van der Waals surface area contributed by atoms with E-state index in [0.717, 1.165) is 12.1 Å². The van der Waals surface area contributed by atoms with Crippen LogP contribution in [0.5, 0.6) is 0 Å². The van der Waals surface area contributed by atoms with Crippen LogP contribution < -0.4 is 0 Å². The summed E-state index contributed by atoms with van der Waals surface area (Å²) in [6.45, 7) is 1.45. The van der Waals surface area contributed by atoms with Crippen molar-refractivity contribution >= 4 is 21.4 Å². The van der Waals surface area contributed by atoms with Crippen LogP contribution in [0.25, 0.3) is 0 Å². The van der Waals surface area contributed by atoms with Gasteiger partial charge in [0, 0.05) is 5.75 Å². The molecule has 0 aromatic heterocycles. The molecule has 0 aliphatic heterocycles. The Morgan fingerprint density at radius 2 is 1.88 bits per heavy atom. The Morgan fingerprint density at radius 1 is 1.38 bits per heavy atom. The fourth-order valence-electron chi connectivity index (χ4n) is 1.17. The van der Waals surface area contributed by atoms with Crippen LogP contribution in [0.2, 0.25) is 0 Å². The molecule has 0 heterocycles. The number of halogens is 2. The monoisotopic (exact) mass is 266 g/mol. The Bertz CT molecular complexity index is 444. The molecule has 1 rings (SSSR count). The smallest absolute Gasteiger partial charge is 0.169 e. The molecular formula is C10H12ClFO3S. The molecule has 16 heavy (non-hydrogen) atoms. The molecule has 0 saturated carbocycles. The highest BCUT2D eigenvalue weighted by Gasteiger charge is 2.29. The number of alkyl halides is 1. The van der Waals surface area contributed by atoms with Crippen LogP contribution >= 0.6 is 11.6 Å². The summed E-state index contributed by atoms with van der Waals surface area (Å²) in [5, 5.41) is 9.71. The minimum atomic E-state index is -3.53. The van der Waals surface area contributed by atoms with Gasteiger partial charge in [0.25, 0.3) is 0 Å². The first-order valence-corrected chi connectivity index (χ1v) is 6.83. The SMILES string of the molecule is CCS(=O)(=O)[C@H](Cl)[C@@H](O)c1ccc(F)cc1. The normalized spacial score (nSPS) is 15.8. The highest BCUT2D eigenvalue weighted by atomic mass is 35.5. The Hall–Kier alpha value is -0.650.